The van der Waals surface area contributed by atoms with E-state index in [0.29, 0.717) is 0 Å². The van der Waals surface area contributed by atoms with Gasteiger partial charge in [0.15, 0.2) is 6.10 Å². The normalized spacial score (nSPS) is 14.3. The van der Waals surface area contributed by atoms with Gasteiger partial charge in [0.25, 0.3) is 0 Å². The fraction of sp³-hybridized carbons (Fsp3) is 0.778. The molecule has 0 radical (unpaired) electrons. The lowest BCUT2D eigenvalue weighted by atomic mass is 10.2. The first-order chi connectivity index (χ1) is 6.97. The maximum absolute atomic E-state index is 11.2. The van der Waals surface area contributed by atoms with Gasteiger partial charge in [0.1, 0.15) is 0 Å². The second-order valence-electron chi connectivity index (χ2n) is 3.32. The molecule has 0 aromatic heterocycles. The quantitative estimate of drug-likeness (QED) is 0.436. The fourth-order valence-electron chi connectivity index (χ4n) is 1.07. The zero-order chi connectivity index (χ0) is 11.8. The van der Waals surface area contributed by atoms with E-state index in [1.807, 2.05) is 13.8 Å². The van der Waals surface area contributed by atoms with Crippen molar-refractivity contribution in [3.63, 3.8) is 0 Å². The summed E-state index contributed by atoms with van der Waals surface area (Å²) in [6.45, 7) is 4.30. The topological polar surface area (TPSA) is 98.7 Å². The summed E-state index contributed by atoms with van der Waals surface area (Å²) in [7, 11) is 0. The highest BCUT2D eigenvalue weighted by molar-refractivity contribution is 5.78. The van der Waals surface area contributed by atoms with Gasteiger partial charge in [0.05, 0.1) is 6.54 Å². The molecule has 0 aliphatic rings. The lowest BCUT2D eigenvalue weighted by Gasteiger charge is -2.12. The van der Waals surface area contributed by atoms with E-state index in [1.165, 1.54) is 0 Å². The fourth-order valence-corrected chi connectivity index (χ4v) is 1.07. The Morgan fingerprint density at radius 2 is 2.00 bits per heavy atom. The number of aliphatic hydroxyl groups excluding tert-OH is 1. The van der Waals surface area contributed by atoms with E-state index in [-0.39, 0.29) is 24.9 Å². The first-order valence-corrected chi connectivity index (χ1v) is 4.88. The summed E-state index contributed by atoms with van der Waals surface area (Å²) in [5, 5.41) is 22.6. The van der Waals surface area contributed by atoms with Crippen molar-refractivity contribution >= 4 is 11.9 Å². The molecule has 0 rings (SSSR count). The highest BCUT2D eigenvalue weighted by Gasteiger charge is 2.14. The third-order valence-electron chi connectivity index (χ3n) is 1.82. The molecule has 0 heterocycles. The van der Waals surface area contributed by atoms with Gasteiger partial charge in [-0.05, 0) is 13.5 Å². The summed E-state index contributed by atoms with van der Waals surface area (Å²) in [5.74, 6) is -1.61. The van der Waals surface area contributed by atoms with Crippen LogP contribution < -0.4 is 10.6 Å². The molecule has 0 aromatic carbocycles. The van der Waals surface area contributed by atoms with Gasteiger partial charge >= 0.3 is 5.97 Å². The Morgan fingerprint density at radius 1 is 1.40 bits per heavy atom. The smallest absolute Gasteiger partial charge is 0.334 e. The van der Waals surface area contributed by atoms with E-state index in [0.717, 1.165) is 6.54 Å². The lowest BCUT2D eigenvalue weighted by Crippen LogP contribution is -2.39. The number of hydrogen-bond donors (Lipinski definition) is 4. The van der Waals surface area contributed by atoms with Crippen LogP contribution in [0.3, 0.4) is 0 Å². The molecule has 0 saturated carbocycles. The average Bonchev–Trinajstić information content (AvgIpc) is 2.14. The zero-order valence-corrected chi connectivity index (χ0v) is 8.99. The molecule has 88 valence electrons. The number of rotatable bonds is 7. The summed E-state index contributed by atoms with van der Waals surface area (Å²) < 4.78 is 0. The number of carbonyl (C=O) groups excluding carboxylic acids is 1. The molecule has 0 fully saturated rings. The van der Waals surface area contributed by atoms with Crippen LogP contribution in [0.1, 0.15) is 20.3 Å². The summed E-state index contributed by atoms with van der Waals surface area (Å²) in [5.41, 5.74) is 0. The van der Waals surface area contributed by atoms with Gasteiger partial charge in [-0.1, -0.05) is 6.92 Å². The molecule has 0 bridgehead atoms. The molecule has 0 saturated heterocycles. The monoisotopic (exact) mass is 218 g/mol. The van der Waals surface area contributed by atoms with Gasteiger partial charge in [0.2, 0.25) is 5.91 Å². The molecule has 0 aromatic rings. The van der Waals surface area contributed by atoms with E-state index >= 15 is 0 Å². The van der Waals surface area contributed by atoms with Crippen LogP contribution in [0, 0.1) is 0 Å². The average molecular weight is 218 g/mol. The number of hydrogen-bond acceptors (Lipinski definition) is 4. The van der Waals surface area contributed by atoms with Crippen LogP contribution in [-0.2, 0) is 9.59 Å². The first-order valence-electron chi connectivity index (χ1n) is 4.88. The Kier molecular flexibility index (Phi) is 6.64. The first kappa shape index (κ1) is 13.9. The molecule has 2 atom stereocenters. The molecule has 0 aliphatic heterocycles. The SMILES string of the molecule is CCNC(C)CC(=O)NC[C@H](O)C(=O)O. The molecule has 1 amide bonds. The summed E-state index contributed by atoms with van der Waals surface area (Å²) in [6.07, 6.45) is -1.27. The molecule has 0 aliphatic carbocycles. The maximum atomic E-state index is 11.2. The molecule has 6 heteroatoms. The molecule has 15 heavy (non-hydrogen) atoms. The summed E-state index contributed by atoms with van der Waals surface area (Å²) >= 11 is 0. The second-order valence-corrected chi connectivity index (χ2v) is 3.32. The summed E-state index contributed by atoms with van der Waals surface area (Å²) in [4.78, 5) is 21.4. The Labute approximate surface area is 88.7 Å². The standard InChI is InChI=1S/C9H18N2O4/c1-3-10-6(2)4-8(13)11-5-7(12)9(14)15/h6-7,10,12H,3-5H2,1-2H3,(H,11,13)(H,14,15)/t6?,7-/m0/s1. The maximum Gasteiger partial charge on any atom is 0.334 e. The number of amides is 1. The van der Waals surface area contributed by atoms with E-state index in [4.69, 9.17) is 10.2 Å². The third kappa shape index (κ3) is 6.87. The molecular weight excluding hydrogens is 200 g/mol. The molecule has 1 unspecified atom stereocenters. The second kappa shape index (κ2) is 7.19. The van der Waals surface area contributed by atoms with Crippen molar-refractivity contribution in [3.8, 4) is 0 Å². The minimum Gasteiger partial charge on any atom is -0.479 e. The molecular formula is C9H18N2O4. The van der Waals surface area contributed by atoms with Crippen LogP contribution in [0.5, 0.6) is 0 Å². The van der Waals surface area contributed by atoms with Gasteiger partial charge in [-0.2, -0.15) is 0 Å². The number of carboxylic acid groups (broad SMARTS) is 1. The van der Waals surface area contributed by atoms with Gasteiger partial charge in [-0.15, -0.1) is 0 Å². The number of nitrogens with one attached hydrogen (secondary N) is 2. The van der Waals surface area contributed by atoms with Gasteiger partial charge in [0, 0.05) is 12.5 Å². The predicted octanol–water partition coefficient (Wildman–Crippen LogP) is -1.06. The molecule has 6 nitrogen and oxygen atoms in total. The van der Waals surface area contributed by atoms with Crippen molar-refractivity contribution in [2.24, 2.45) is 0 Å². The summed E-state index contributed by atoms with van der Waals surface area (Å²) in [6, 6.07) is 0.0389. The Hall–Kier alpha value is -1.14. The van der Waals surface area contributed by atoms with Crippen molar-refractivity contribution in [1.29, 1.82) is 0 Å². The van der Waals surface area contributed by atoms with E-state index < -0.39 is 12.1 Å². The zero-order valence-electron chi connectivity index (χ0n) is 8.99. The largest absolute Gasteiger partial charge is 0.479 e. The lowest BCUT2D eigenvalue weighted by molar-refractivity contribution is -0.146. The number of carbonyl (C=O) groups is 2. The van der Waals surface area contributed by atoms with Crippen LogP contribution in [0.15, 0.2) is 0 Å². The van der Waals surface area contributed by atoms with Crippen LogP contribution in [0.25, 0.3) is 0 Å². The Morgan fingerprint density at radius 3 is 2.47 bits per heavy atom. The van der Waals surface area contributed by atoms with Crippen LogP contribution >= 0.6 is 0 Å². The van der Waals surface area contributed by atoms with E-state index in [1.54, 1.807) is 0 Å². The van der Waals surface area contributed by atoms with E-state index in [2.05, 4.69) is 10.6 Å². The number of carboxylic acids is 1. The van der Waals surface area contributed by atoms with Crippen molar-refractivity contribution < 1.29 is 19.8 Å². The van der Waals surface area contributed by atoms with Crippen LogP contribution in [0.2, 0.25) is 0 Å². The van der Waals surface area contributed by atoms with E-state index in [9.17, 15) is 9.59 Å². The van der Waals surface area contributed by atoms with Crippen molar-refractivity contribution in [1.82, 2.24) is 10.6 Å². The van der Waals surface area contributed by atoms with Crippen LogP contribution in [0.4, 0.5) is 0 Å². The van der Waals surface area contributed by atoms with Crippen molar-refractivity contribution in [2.45, 2.75) is 32.4 Å². The van der Waals surface area contributed by atoms with Crippen molar-refractivity contribution in [2.75, 3.05) is 13.1 Å². The predicted molar refractivity (Wildman–Crippen MR) is 54.4 cm³/mol. The minimum absolute atomic E-state index is 0.0389. The molecule has 0 spiro atoms. The van der Waals surface area contributed by atoms with Gasteiger partial charge < -0.3 is 20.8 Å². The molecule has 4 N–H and O–H groups in total. The van der Waals surface area contributed by atoms with Gasteiger partial charge in [-0.25, -0.2) is 4.79 Å². The van der Waals surface area contributed by atoms with Gasteiger partial charge in [-0.3, -0.25) is 4.79 Å². The Balaban J connectivity index is 3.70. The minimum atomic E-state index is -1.54. The number of aliphatic carboxylic acids is 1. The third-order valence-corrected chi connectivity index (χ3v) is 1.82. The van der Waals surface area contributed by atoms with Crippen molar-refractivity contribution in [3.05, 3.63) is 0 Å². The van der Waals surface area contributed by atoms with Crippen LogP contribution in [-0.4, -0.2) is 47.3 Å². The number of aliphatic hydroxyl groups is 1. The Bertz CT molecular complexity index is 220. The highest BCUT2D eigenvalue weighted by atomic mass is 16.4. The highest BCUT2D eigenvalue weighted by Crippen LogP contribution is 1.90.